The monoisotopic (exact) mass is 328 g/mol. The highest BCUT2D eigenvalue weighted by atomic mass is 16.5. The summed E-state index contributed by atoms with van der Waals surface area (Å²) >= 11 is 0. The molecule has 0 aromatic heterocycles. The first-order valence-corrected chi connectivity index (χ1v) is 8.70. The summed E-state index contributed by atoms with van der Waals surface area (Å²) in [4.78, 5) is 15.7. The molecule has 0 atom stereocenters. The van der Waals surface area contributed by atoms with Crippen LogP contribution in [-0.4, -0.2) is 64.5 Å². The highest BCUT2D eigenvalue weighted by molar-refractivity contribution is 5.84. The van der Waals surface area contributed by atoms with Gasteiger partial charge in [0.05, 0.1) is 0 Å². The van der Waals surface area contributed by atoms with Gasteiger partial charge >= 0.3 is 0 Å². The Balaban J connectivity index is 2.09. The van der Waals surface area contributed by atoms with Crippen molar-refractivity contribution in [2.24, 2.45) is 10.9 Å². The van der Waals surface area contributed by atoms with E-state index < -0.39 is 0 Å². The minimum absolute atomic E-state index is 0.0653. The number of guanidine groups is 1. The minimum Gasteiger partial charge on any atom is -0.381 e. The van der Waals surface area contributed by atoms with Gasteiger partial charge in [0.1, 0.15) is 6.54 Å². The lowest BCUT2D eigenvalue weighted by Gasteiger charge is -2.21. The summed E-state index contributed by atoms with van der Waals surface area (Å²) in [6.45, 7) is 9.50. The van der Waals surface area contributed by atoms with Crippen molar-refractivity contribution in [1.29, 1.82) is 0 Å². The number of nitrogens with zero attached hydrogens (tertiary/aromatic N) is 1. The molecule has 23 heavy (non-hydrogen) atoms. The first kappa shape index (κ1) is 19.7. The van der Waals surface area contributed by atoms with Gasteiger partial charge in [-0.05, 0) is 39.0 Å². The summed E-state index contributed by atoms with van der Waals surface area (Å²) in [7, 11) is 0. The van der Waals surface area contributed by atoms with Crippen molar-refractivity contribution in [2.45, 2.75) is 33.1 Å². The average molecular weight is 328 g/mol. The Labute approximate surface area is 139 Å². The molecule has 1 amide bonds. The molecule has 0 radical (unpaired) electrons. The van der Waals surface area contributed by atoms with E-state index in [-0.39, 0.29) is 12.5 Å². The zero-order valence-corrected chi connectivity index (χ0v) is 14.5. The van der Waals surface area contributed by atoms with Crippen molar-refractivity contribution in [1.82, 2.24) is 16.0 Å². The number of nitrogens with one attached hydrogen (secondary N) is 3. The Bertz CT molecular complexity index is 344. The minimum atomic E-state index is -0.0653. The van der Waals surface area contributed by atoms with Crippen molar-refractivity contribution in [3.8, 4) is 0 Å². The molecule has 1 rings (SSSR count). The van der Waals surface area contributed by atoms with E-state index in [4.69, 9.17) is 9.47 Å². The predicted molar refractivity (Wildman–Crippen MR) is 91.6 cm³/mol. The molecular formula is C16H32N4O3. The summed E-state index contributed by atoms with van der Waals surface area (Å²) in [6, 6.07) is 0. The molecule has 0 unspecified atom stereocenters. The van der Waals surface area contributed by atoms with Gasteiger partial charge < -0.3 is 25.4 Å². The van der Waals surface area contributed by atoms with Gasteiger partial charge in [-0.25, -0.2) is 4.99 Å². The number of ether oxygens (including phenoxy) is 2. The number of hydrogen-bond donors (Lipinski definition) is 3. The molecule has 0 spiro atoms. The second kappa shape index (κ2) is 13.1. The molecule has 1 aliphatic rings. The quantitative estimate of drug-likeness (QED) is 0.309. The standard InChI is InChI=1S/C16H32N4O3/c1-3-17-15(21)12-20-16(18-4-2)19-8-5-9-23-13-14-6-10-22-11-7-14/h14H,3-13H2,1-2H3,(H,17,21)(H2,18,19,20). The van der Waals surface area contributed by atoms with Crippen LogP contribution in [0.5, 0.6) is 0 Å². The summed E-state index contributed by atoms with van der Waals surface area (Å²) in [5, 5.41) is 9.07. The third-order valence-electron chi connectivity index (χ3n) is 3.55. The van der Waals surface area contributed by atoms with Crippen LogP contribution in [0.1, 0.15) is 33.1 Å². The maximum Gasteiger partial charge on any atom is 0.241 e. The molecule has 1 aliphatic heterocycles. The number of aliphatic imine (C=N–C) groups is 1. The van der Waals surface area contributed by atoms with E-state index in [0.29, 0.717) is 18.4 Å². The third-order valence-corrected chi connectivity index (χ3v) is 3.55. The largest absolute Gasteiger partial charge is 0.381 e. The fourth-order valence-electron chi connectivity index (χ4n) is 2.29. The Morgan fingerprint density at radius 1 is 1.17 bits per heavy atom. The zero-order valence-electron chi connectivity index (χ0n) is 14.5. The Morgan fingerprint density at radius 3 is 2.61 bits per heavy atom. The molecule has 0 aliphatic carbocycles. The molecule has 0 aromatic rings. The highest BCUT2D eigenvalue weighted by Crippen LogP contribution is 2.14. The average Bonchev–Trinajstić information content (AvgIpc) is 2.57. The lowest BCUT2D eigenvalue weighted by molar-refractivity contribution is -0.119. The second-order valence-electron chi connectivity index (χ2n) is 5.56. The number of likely N-dealkylation sites (N-methyl/N-ethyl adjacent to an activating group) is 1. The van der Waals surface area contributed by atoms with Crippen LogP contribution >= 0.6 is 0 Å². The maximum absolute atomic E-state index is 11.4. The fourth-order valence-corrected chi connectivity index (χ4v) is 2.29. The van der Waals surface area contributed by atoms with E-state index in [2.05, 4.69) is 20.9 Å². The van der Waals surface area contributed by atoms with Crippen molar-refractivity contribution in [3.05, 3.63) is 0 Å². The summed E-state index contributed by atoms with van der Waals surface area (Å²) < 4.78 is 11.1. The predicted octanol–water partition coefficient (Wildman–Crippen LogP) is 0.511. The van der Waals surface area contributed by atoms with Gasteiger partial charge in [0.15, 0.2) is 5.96 Å². The normalized spacial score (nSPS) is 16.2. The van der Waals surface area contributed by atoms with Gasteiger partial charge in [-0.3, -0.25) is 4.79 Å². The van der Waals surface area contributed by atoms with Gasteiger partial charge in [0.2, 0.25) is 5.91 Å². The van der Waals surface area contributed by atoms with Crippen LogP contribution in [-0.2, 0) is 14.3 Å². The SMILES string of the molecule is CCNC(=O)CN=C(NCC)NCCCOCC1CCOCC1. The van der Waals surface area contributed by atoms with E-state index in [9.17, 15) is 4.79 Å². The highest BCUT2D eigenvalue weighted by Gasteiger charge is 2.13. The summed E-state index contributed by atoms with van der Waals surface area (Å²) in [5.41, 5.74) is 0. The number of carbonyl (C=O) groups excluding carboxylic acids is 1. The Kier molecular flexibility index (Phi) is 11.3. The van der Waals surface area contributed by atoms with Crippen LogP contribution in [0.25, 0.3) is 0 Å². The number of carbonyl (C=O) groups is 1. The van der Waals surface area contributed by atoms with Gasteiger partial charge in [-0.1, -0.05) is 0 Å². The van der Waals surface area contributed by atoms with Crippen molar-refractivity contribution in [2.75, 3.05) is 52.6 Å². The van der Waals surface area contributed by atoms with Gasteiger partial charge in [0.25, 0.3) is 0 Å². The van der Waals surface area contributed by atoms with Crippen LogP contribution in [0, 0.1) is 5.92 Å². The van der Waals surface area contributed by atoms with Gasteiger partial charge in [0, 0.05) is 46.1 Å². The first-order chi connectivity index (χ1) is 11.3. The van der Waals surface area contributed by atoms with E-state index in [1.165, 1.54) is 0 Å². The molecule has 7 heteroatoms. The van der Waals surface area contributed by atoms with Crippen LogP contribution in [0.15, 0.2) is 4.99 Å². The number of hydrogen-bond acceptors (Lipinski definition) is 4. The molecule has 134 valence electrons. The van der Waals surface area contributed by atoms with Crippen molar-refractivity contribution in [3.63, 3.8) is 0 Å². The lowest BCUT2D eigenvalue weighted by Crippen LogP contribution is -2.39. The van der Waals surface area contributed by atoms with Crippen molar-refractivity contribution >= 4 is 11.9 Å². The number of rotatable bonds is 10. The fraction of sp³-hybridized carbons (Fsp3) is 0.875. The van der Waals surface area contributed by atoms with E-state index in [1.807, 2.05) is 13.8 Å². The topological polar surface area (TPSA) is 84.0 Å². The van der Waals surface area contributed by atoms with Crippen LogP contribution in [0.2, 0.25) is 0 Å². The lowest BCUT2D eigenvalue weighted by atomic mass is 10.0. The molecule has 0 aromatic carbocycles. The van der Waals surface area contributed by atoms with E-state index >= 15 is 0 Å². The molecule has 7 nitrogen and oxygen atoms in total. The molecular weight excluding hydrogens is 296 g/mol. The van der Waals surface area contributed by atoms with Crippen molar-refractivity contribution < 1.29 is 14.3 Å². The Morgan fingerprint density at radius 2 is 1.91 bits per heavy atom. The van der Waals surface area contributed by atoms with Crippen LogP contribution in [0.4, 0.5) is 0 Å². The van der Waals surface area contributed by atoms with Gasteiger partial charge in [-0.2, -0.15) is 0 Å². The molecule has 0 bridgehead atoms. The maximum atomic E-state index is 11.4. The molecule has 1 heterocycles. The molecule has 0 saturated carbocycles. The second-order valence-corrected chi connectivity index (χ2v) is 5.56. The first-order valence-electron chi connectivity index (χ1n) is 8.70. The van der Waals surface area contributed by atoms with E-state index in [0.717, 1.165) is 58.8 Å². The van der Waals surface area contributed by atoms with Gasteiger partial charge in [-0.15, -0.1) is 0 Å². The zero-order chi connectivity index (χ0) is 16.8. The van der Waals surface area contributed by atoms with Crippen LogP contribution in [0.3, 0.4) is 0 Å². The van der Waals surface area contributed by atoms with Crippen LogP contribution < -0.4 is 16.0 Å². The molecule has 1 fully saturated rings. The molecule has 3 N–H and O–H groups in total. The van der Waals surface area contributed by atoms with E-state index in [1.54, 1.807) is 0 Å². The Hall–Kier alpha value is -1.34. The third kappa shape index (κ3) is 10.1. The molecule has 1 saturated heterocycles. The smallest absolute Gasteiger partial charge is 0.241 e. The number of amides is 1. The summed E-state index contributed by atoms with van der Waals surface area (Å²) in [6.07, 6.45) is 3.12. The summed E-state index contributed by atoms with van der Waals surface area (Å²) in [5.74, 6) is 1.25.